The lowest BCUT2D eigenvalue weighted by Crippen LogP contribution is -2.48. The minimum Gasteiger partial charge on any atom is -0.354 e. The molecule has 4 heteroatoms. The van der Waals surface area contributed by atoms with Gasteiger partial charge in [-0.2, -0.15) is 0 Å². The molecule has 4 nitrogen and oxygen atoms in total. The first-order valence-corrected chi connectivity index (χ1v) is 9.04. The molecule has 1 aliphatic heterocycles. The fraction of sp³-hybridized carbons (Fsp3) is 0.381. The van der Waals surface area contributed by atoms with E-state index in [4.69, 9.17) is 0 Å². The second-order valence-corrected chi connectivity index (χ2v) is 6.60. The van der Waals surface area contributed by atoms with Gasteiger partial charge in [-0.25, -0.2) is 0 Å². The minimum atomic E-state index is 0.278. The van der Waals surface area contributed by atoms with Gasteiger partial charge in [0.1, 0.15) is 0 Å². The van der Waals surface area contributed by atoms with Gasteiger partial charge in [0.05, 0.1) is 0 Å². The van der Waals surface area contributed by atoms with Gasteiger partial charge in [-0.15, -0.1) is 0 Å². The zero-order chi connectivity index (χ0) is 17.5. The van der Waals surface area contributed by atoms with E-state index in [9.17, 15) is 4.79 Å². The number of nitrogens with zero attached hydrogens (tertiary/aromatic N) is 3. The van der Waals surface area contributed by atoms with Gasteiger partial charge in [-0.05, 0) is 24.1 Å². The molecule has 1 saturated heterocycles. The third-order valence-corrected chi connectivity index (χ3v) is 4.84. The Labute approximate surface area is 150 Å². The number of aryl methyl sites for hydroxylation is 2. The molecule has 0 atom stereocenters. The Kier molecular flexibility index (Phi) is 6.07. The van der Waals surface area contributed by atoms with Crippen LogP contribution in [-0.4, -0.2) is 53.0 Å². The van der Waals surface area contributed by atoms with Crippen molar-refractivity contribution in [2.45, 2.75) is 12.8 Å². The van der Waals surface area contributed by atoms with Crippen LogP contribution in [0, 0.1) is 0 Å². The fourth-order valence-corrected chi connectivity index (χ4v) is 3.23. The van der Waals surface area contributed by atoms with Crippen LogP contribution in [0.3, 0.4) is 0 Å². The molecule has 2 heterocycles. The van der Waals surface area contributed by atoms with Crippen molar-refractivity contribution in [1.29, 1.82) is 0 Å². The van der Waals surface area contributed by atoms with Gasteiger partial charge in [-0.1, -0.05) is 42.5 Å². The largest absolute Gasteiger partial charge is 0.354 e. The summed E-state index contributed by atoms with van der Waals surface area (Å²) in [6.07, 6.45) is 7.83. The van der Waals surface area contributed by atoms with Gasteiger partial charge in [0.2, 0.25) is 5.91 Å². The highest BCUT2D eigenvalue weighted by Gasteiger charge is 2.20. The number of carbonyl (C=O) groups is 1. The summed E-state index contributed by atoms with van der Waals surface area (Å²) in [5, 5.41) is 0. The first-order valence-electron chi connectivity index (χ1n) is 9.04. The molecule has 0 radical (unpaired) electrons. The Hall–Kier alpha value is -2.33. The molecule has 0 unspecified atom stereocenters. The van der Waals surface area contributed by atoms with E-state index in [0.29, 0.717) is 6.42 Å². The third-order valence-electron chi connectivity index (χ3n) is 4.84. The van der Waals surface area contributed by atoms with Crippen LogP contribution in [0.5, 0.6) is 0 Å². The molecule has 1 aromatic heterocycles. The smallest absolute Gasteiger partial charge is 0.223 e. The number of piperazine rings is 1. The summed E-state index contributed by atoms with van der Waals surface area (Å²) in [6.45, 7) is 4.53. The molecule has 0 saturated carbocycles. The number of amides is 1. The number of aromatic nitrogens is 1. The molecule has 1 amide bonds. The summed E-state index contributed by atoms with van der Waals surface area (Å²) in [5.74, 6) is 0.278. The number of hydrogen-bond acceptors (Lipinski definition) is 2. The second kappa shape index (κ2) is 8.67. The highest BCUT2D eigenvalue weighted by Crippen LogP contribution is 2.09. The average molecular weight is 337 g/mol. The maximum absolute atomic E-state index is 12.4. The van der Waals surface area contributed by atoms with Crippen LogP contribution in [0.1, 0.15) is 17.7 Å². The van der Waals surface area contributed by atoms with Crippen LogP contribution >= 0.6 is 0 Å². The van der Waals surface area contributed by atoms with Gasteiger partial charge in [-0.3, -0.25) is 9.69 Å². The lowest BCUT2D eigenvalue weighted by atomic mass is 10.2. The van der Waals surface area contributed by atoms with E-state index in [1.807, 2.05) is 30.3 Å². The molecule has 0 bridgehead atoms. The Bertz CT molecular complexity index is 697. The molecule has 0 N–H and O–H groups in total. The van der Waals surface area contributed by atoms with E-state index in [2.05, 4.69) is 52.0 Å². The van der Waals surface area contributed by atoms with E-state index in [-0.39, 0.29) is 5.91 Å². The molecule has 3 rings (SSSR count). The normalized spacial score (nSPS) is 15.8. The van der Waals surface area contributed by atoms with Crippen molar-refractivity contribution in [3.8, 4) is 0 Å². The molecule has 1 fully saturated rings. The zero-order valence-electron chi connectivity index (χ0n) is 15.0. The number of benzene rings is 1. The molecule has 0 spiro atoms. The quantitative estimate of drug-likeness (QED) is 0.811. The number of rotatable bonds is 6. The fourth-order valence-electron chi connectivity index (χ4n) is 3.23. The number of hydrogen-bond donors (Lipinski definition) is 0. The molecule has 25 heavy (non-hydrogen) atoms. The lowest BCUT2D eigenvalue weighted by Gasteiger charge is -2.34. The van der Waals surface area contributed by atoms with Gasteiger partial charge in [0.15, 0.2) is 0 Å². The molecule has 0 aliphatic carbocycles. The summed E-state index contributed by atoms with van der Waals surface area (Å²) in [5.41, 5.74) is 2.45. The Balaban J connectivity index is 1.38. The zero-order valence-corrected chi connectivity index (χ0v) is 15.0. The van der Waals surface area contributed by atoms with E-state index in [1.165, 1.54) is 11.3 Å². The predicted octanol–water partition coefficient (Wildman–Crippen LogP) is 2.82. The van der Waals surface area contributed by atoms with Crippen molar-refractivity contribution < 1.29 is 4.79 Å². The van der Waals surface area contributed by atoms with Crippen molar-refractivity contribution in [2.24, 2.45) is 7.05 Å². The molecular weight excluding hydrogens is 310 g/mol. The van der Waals surface area contributed by atoms with Crippen molar-refractivity contribution >= 4 is 12.0 Å². The molecule has 1 aromatic carbocycles. The van der Waals surface area contributed by atoms with Crippen LogP contribution < -0.4 is 0 Å². The van der Waals surface area contributed by atoms with E-state index in [1.54, 1.807) is 0 Å². The first-order chi connectivity index (χ1) is 12.2. The van der Waals surface area contributed by atoms with E-state index >= 15 is 0 Å². The molecule has 2 aromatic rings. The summed E-state index contributed by atoms with van der Waals surface area (Å²) in [7, 11) is 2.03. The van der Waals surface area contributed by atoms with Gasteiger partial charge in [0.25, 0.3) is 0 Å². The van der Waals surface area contributed by atoms with Crippen LogP contribution in [0.4, 0.5) is 0 Å². The highest BCUT2D eigenvalue weighted by atomic mass is 16.2. The lowest BCUT2D eigenvalue weighted by molar-refractivity contribution is -0.132. The Morgan fingerprint density at radius 2 is 1.80 bits per heavy atom. The first kappa shape index (κ1) is 17.5. The summed E-state index contributed by atoms with van der Waals surface area (Å²) >= 11 is 0. The standard InChI is InChI=1S/C21H27N3O/c1-22-13-6-10-20(22)11-12-21(25)24-17-15-23(16-18-24)14-5-9-19-7-3-2-4-8-19/h2-10,13H,11-12,14-18H2,1H3/b9-5+. The van der Waals surface area contributed by atoms with Crippen molar-refractivity contribution in [1.82, 2.24) is 14.4 Å². The molecule has 1 aliphatic rings. The topological polar surface area (TPSA) is 28.5 Å². The maximum Gasteiger partial charge on any atom is 0.223 e. The third kappa shape index (κ3) is 5.07. The van der Waals surface area contributed by atoms with Gasteiger partial charge >= 0.3 is 0 Å². The van der Waals surface area contributed by atoms with Crippen LogP contribution in [-0.2, 0) is 18.3 Å². The summed E-state index contributed by atoms with van der Waals surface area (Å²) in [4.78, 5) is 16.8. The summed E-state index contributed by atoms with van der Waals surface area (Å²) < 4.78 is 2.09. The van der Waals surface area contributed by atoms with Crippen molar-refractivity contribution in [3.63, 3.8) is 0 Å². The van der Waals surface area contributed by atoms with E-state index < -0.39 is 0 Å². The maximum atomic E-state index is 12.4. The summed E-state index contributed by atoms with van der Waals surface area (Å²) in [6, 6.07) is 14.5. The SMILES string of the molecule is Cn1cccc1CCC(=O)N1CCN(C/C=C/c2ccccc2)CC1. The molecular formula is C21H27N3O. The van der Waals surface area contributed by atoms with Crippen LogP contribution in [0.25, 0.3) is 6.08 Å². The second-order valence-electron chi connectivity index (χ2n) is 6.60. The van der Waals surface area contributed by atoms with Crippen LogP contribution in [0.2, 0.25) is 0 Å². The average Bonchev–Trinajstić information content (AvgIpc) is 3.06. The predicted molar refractivity (Wildman–Crippen MR) is 102 cm³/mol. The van der Waals surface area contributed by atoms with Gasteiger partial charge in [0, 0.05) is 58.1 Å². The Morgan fingerprint density at radius 3 is 2.48 bits per heavy atom. The van der Waals surface area contributed by atoms with Crippen LogP contribution in [0.15, 0.2) is 54.7 Å². The highest BCUT2D eigenvalue weighted by molar-refractivity contribution is 5.76. The number of carbonyl (C=O) groups excluding carboxylic acids is 1. The minimum absolute atomic E-state index is 0.278. The Morgan fingerprint density at radius 1 is 1.04 bits per heavy atom. The van der Waals surface area contributed by atoms with Crippen molar-refractivity contribution in [2.75, 3.05) is 32.7 Å². The van der Waals surface area contributed by atoms with Crippen molar-refractivity contribution in [3.05, 3.63) is 66.0 Å². The van der Waals surface area contributed by atoms with Gasteiger partial charge < -0.3 is 9.47 Å². The molecule has 132 valence electrons. The monoisotopic (exact) mass is 337 g/mol. The van der Waals surface area contributed by atoms with E-state index in [0.717, 1.165) is 39.1 Å².